The summed E-state index contributed by atoms with van der Waals surface area (Å²) in [5.74, 6) is 1.18. The Kier molecular flexibility index (Phi) is 5.06. The van der Waals surface area contributed by atoms with Gasteiger partial charge in [0.15, 0.2) is 0 Å². The maximum absolute atomic E-state index is 10.1. The van der Waals surface area contributed by atoms with E-state index in [0.29, 0.717) is 5.75 Å². The van der Waals surface area contributed by atoms with Gasteiger partial charge in [0.05, 0.1) is 5.69 Å². The summed E-state index contributed by atoms with van der Waals surface area (Å²) >= 11 is 3.47. The minimum atomic E-state index is 0.135. The first-order valence-electron chi connectivity index (χ1n) is 7.04. The molecule has 0 aliphatic rings. The van der Waals surface area contributed by atoms with E-state index in [9.17, 15) is 5.11 Å². The number of aromatic hydroxyl groups is 1. The summed E-state index contributed by atoms with van der Waals surface area (Å²) in [5.41, 5.74) is 2.97. The van der Waals surface area contributed by atoms with E-state index in [0.717, 1.165) is 40.0 Å². The third-order valence-corrected chi connectivity index (χ3v) is 4.35. The average molecular weight is 353 g/mol. The van der Waals surface area contributed by atoms with Crippen molar-refractivity contribution >= 4 is 15.9 Å². The summed E-state index contributed by atoms with van der Waals surface area (Å²) in [4.78, 5) is 2.22. The number of phenolic OH excluding ortho intramolecular Hbond substituents is 1. The molecule has 4 nitrogen and oxygen atoms in total. The van der Waals surface area contributed by atoms with E-state index in [1.54, 1.807) is 6.07 Å². The Morgan fingerprint density at radius 3 is 2.67 bits per heavy atom. The highest BCUT2D eigenvalue weighted by atomic mass is 79.9. The number of benzene rings is 1. The van der Waals surface area contributed by atoms with Crippen molar-refractivity contribution in [3.05, 3.63) is 45.3 Å². The summed E-state index contributed by atoms with van der Waals surface area (Å²) < 4.78 is 6.20. The maximum atomic E-state index is 10.1. The minimum absolute atomic E-state index is 0.135. The lowest BCUT2D eigenvalue weighted by Gasteiger charge is -2.28. The van der Waals surface area contributed by atoms with Crippen LogP contribution in [0.2, 0.25) is 0 Å². The summed E-state index contributed by atoms with van der Waals surface area (Å²) in [5, 5.41) is 14.1. The van der Waals surface area contributed by atoms with Gasteiger partial charge in [-0.1, -0.05) is 28.0 Å². The highest BCUT2D eigenvalue weighted by Gasteiger charge is 2.21. The van der Waals surface area contributed by atoms with Gasteiger partial charge in [-0.2, -0.15) is 0 Å². The number of halogens is 1. The van der Waals surface area contributed by atoms with Crippen LogP contribution in [0.25, 0.3) is 0 Å². The third kappa shape index (κ3) is 3.47. The molecule has 0 amide bonds. The summed E-state index contributed by atoms with van der Waals surface area (Å²) in [6.07, 6.45) is 0.907. The first kappa shape index (κ1) is 16.0. The number of nitrogens with zero attached hydrogens (tertiary/aromatic N) is 2. The molecule has 5 heteroatoms. The van der Waals surface area contributed by atoms with Gasteiger partial charge in [0, 0.05) is 28.2 Å². The second-order valence-electron chi connectivity index (χ2n) is 5.35. The fourth-order valence-electron chi connectivity index (χ4n) is 2.65. The summed E-state index contributed by atoms with van der Waals surface area (Å²) in [7, 11) is 2.06. The van der Waals surface area contributed by atoms with Gasteiger partial charge in [-0.25, -0.2) is 0 Å². The summed E-state index contributed by atoms with van der Waals surface area (Å²) in [6.45, 7) is 6.75. The van der Waals surface area contributed by atoms with Gasteiger partial charge < -0.3 is 9.63 Å². The Bertz CT molecular complexity index is 605. The van der Waals surface area contributed by atoms with Crippen LogP contribution in [-0.2, 0) is 6.54 Å². The van der Waals surface area contributed by atoms with Crippen molar-refractivity contribution in [2.24, 2.45) is 0 Å². The molecule has 0 saturated carbocycles. The van der Waals surface area contributed by atoms with Crippen LogP contribution in [0.3, 0.4) is 0 Å². The van der Waals surface area contributed by atoms with Crippen molar-refractivity contribution in [1.29, 1.82) is 0 Å². The van der Waals surface area contributed by atoms with Gasteiger partial charge in [0.25, 0.3) is 0 Å². The van der Waals surface area contributed by atoms with Crippen LogP contribution in [0.4, 0.5) is 0 Å². The SMILES string of the molecule is CC[C@H](c1cc(Br)ccc1O)N(C)Cc1c(C)noc1C. The Morgan fingerprint density at radius 1 is 1.38 bits per heavy atom. The van der Waals surface area contributed by atoms with Crippen molar-refractivity contribution in [3.63, 3.8) is 0 Å². The maximum Gasteiger partial charge on any atom is 0.138 e. The van der Waals surface area contributed by atoms with Crippen molar-refractivity contribution in [1.82, 2.24) is 10.1 Å². The molecule has 2 aromatic rings. The molecule has 0 aliphatic heterocycles. The second kappa shape index (κ2) is 6.62. The van der Waals surface area contributed by atoms with Crippen molar-refractivity contribution in [2.45, 2.75) is 39.8 Å². The zero-order valence-electron chi connectivity index (χ0n) is 12.9. The average Bonchev–Trinajstić information content (AvgIpc) is 2.75. The number of hydrogen-bond acceptors (Lipinski definition) is 4. The molecule has 0 aliphatic carbocycles. The number of hydrogen-bond donors (Lipinski definition) is 1. The molecule has 1 heterocycles. The number of aromatic nitrogens is 1. The first-order valence-corrected chi connectivity index (χ1v) is 7.83. The van der Waals surface area contributed by atoms with Gasteiger partial charge in [-0.3, -0.25) is 4.90 Å². The van der Waals surface area contributed by atoms with Gasteiger partial charge >= 0.3 is 0 Å². The molecule has 2 rings (SSSR count). The molecule has 0 fully saturated rings. The monoisotopic (exact) mass is 352 g/mol. The van der Waals surface area contributed by atoms with Gasteiger partial charge in [0.1, 0.15) is 11.5 Å². The molecule has 21 heavy (non-hydrogen) atoms. The lowest BCUT2D eigenvalue weighted by molar-refractivity contribution is 0.224. The topological polar surface area (TPSA) is 49.5 Å². The Morgan fingerprint density at radius 2 is 2.10 bits per heavy atom. The van der Waals surface area contributed by atoms with E-state index >= 15 is 0 Å². The van der Waals surface area contributed by atoms with Crippen molar-refractivity contribution < 1.29 is 9.63 Å². The van der Waals surface area contributed by atoms with Crippen LogP contribution in [0.5, 0.6) is 5.75 Å². The molecule has 0 bridgehead atoms. The number of rotatable bonds is 5. The zero-order valence-corrected chi connectivity index (χ0v) is 14.4. The molecule has 0 spiro atoms. The van der Waals surface area contributed by atoms with E-state index in [1.807, 2.05) is 26.0 Å². The summed E-state index contributed by atoms with van der Waals surface area (Å²) in [6, 6.07) is 5.69. The van der Waals surface area contributed by atoms with Crippen LogP contribution >= 0.6 is 15.9 Å². The third-order valence-electron chi connectivity index (χ3n) is 3.86. The molecule has 0 radical (unpaired) electrons. The van der Waals surface area contributed by atoms with E-state index in [-0.39, 0.29) is 6.04 Å². The normalized spacial score (nSPS) is 12.9. The van der Waals surface area contributed by atoms with E-state index in [1.165, 1.54) is 0 Å². The van der Waals surface area contributed by atoms with Crippen LogP contribution in [0, 0.1) is 13.8 Å². The standard InChI is InChI=1S/C16H21BrN2O2/c1-5-15(13-8-12(17)6-7-16(13)20)19(4)9-14-10(2)18-21-11(14)3/h6-8,15,20H,5,9H2,1-4H3/t15-/m1/s1. The Balaban J connectivity index is 2.26. The molecule has 0 unspecified atom stereocenters. The quantitative estimate of drug-likeness (QED) is 0.869. The lowest BCUT2D eigenvalue weighted by Crippen LogP contribution is -2.24. The molecule has 1 aromatic carbocycles. The number of aryl methyl sites for hydroxylation is 2. The zero-order chi connectivity index (χ0) is 15.6. The van der Waals surface area contributed by atoms with Gasteiger partial charge in [-0.15, -0.1) is 0 Å². The van der Waals surface area contributed by atoms with Gasteiger partial charge in [-0.05, 0) is 45.5 Å². The molecule has 114 valence electrons. The molecule has 1 aromatic heterocycles. The Labute approximate surface area is 133 Å². The molecular formula is C16H21BrN2O2. The van der Waals surface area contributed by atoms with Crippen LogP contribution in [0.15, 0.2) is 27.2 Å². The predicted molar refractivity (Wildman–Crippen MR) is 86.3 cm³/mol. The first-order chi connectivity index (χ1) is 9.93. The molecule has 1 N–H and O–H groups in total. The molecular weight excluding hydrogens is 332 g/mol. The minimum Gasteiger partial charge on any atom is -0.508 e. The fourth-order valence-corrected chi connectivity index (χ4v) is 3.03. The van der Waals surface area contributed by atoms with Gasteiger partial charge in [0.2, 0.25) is 0 Å². The van der Waals surface area contributed by atoms with Crippen molar-refractivity contribution in [3.8, 4) is 5.75 Å². The Hall–Kier alpha value is -1.33. The number of phenols is 1. The highest BCUT2D eigenvalue weighted by molar-refractivity contribution is 9.10. The largest absolute Gasteiger partial charge is 0.508 e. The predicted octanol–water partition coefficient (Wildman–Crippen LogP) is 4.34. The second-order valence-corrected chi connectivity index (χ2v) is 6.26. The van der Waals surface area contributed by atoms with E-state index < -0.39 is 0 Å². The highest BCUT2D eigenvalue weighted by Crippen LogP contribution is 2.33. The fraction of sp³-hybridized carbons (Fsp3) is 0.438. The van der Waals surface area contributed by atoms with Crippen molar-refractivity contribution in [2.75, 3.05) is 7.05 Å². The lowest BCUT2D eigenvalue weighted by atomic mass is 10.0. The van der Waals surface area contributed by atoms with E-state index in [2.05, 4.69) is 40.0 Å². The van der Waals surface area contributed by atoms with E-state index in [4.69, 9.17) is 4.52 Å². The smallest absolute Gasteiger partial charge is 0.138 e. The van der Waals surface area contributed by atoms with Crippen LogP contribution in [0.1, 0.15) is 42.0 Å². The van der Waals surface area contributed by atoms with Crippen LogP contribution < -0.4 is 0 Å². The van der Waals surface area contributed by atoms with Crippen LogP contribution in [-0.4, -0.2) is 22.2 Å². The molecule has 1 atom stereocenters. The molecule has 0 saturated heterocycles.